The van der Waals surface area contributed by atoms with E-state index < -0.39 is 0 Å². The molecule has 4 N–H and O–H groups in total. The van der Waals surface area contributed by atoms with Crippen LogP contribution in [0.5, 0.6) is 0 Å². The van der Waals surface area contributed by atoms with E-state index in [-0.39, 0.29) is 11.9 Å². The smallest absolute Gasteiger partial charge is 0.131 e. The van der Waals surface area contributed by atoms with Crippen molar-refractivity contribution >= 4 is 11.8 Å². The van der Waals surface area contributed by atoms with Crippen LogP contribution >= 0.6 is 0 Å². The van der Waals surface area contributed by atoms with E-state index in [1.807, 2.05) is 32.2 Å². The minimum atomic E-state index is -0.286. The number of rotatable bonds is 10. The van der Waals surface area contributed by atoms with E-state index in [1.54, 1.807) is 18.4 Å². The average Bonchev–Trinajstić information content (AvgIpc) is 2.59. The summed E-state index contributed by atoms with van der Waals surface area (Å²) in [7, 11) is 1.90. The van der Waals surface area contributed by atoms with E-state index in [2.05, 4.69) is 35.8 Å². The zero-order chi connectivity index (χ0) is 19.5. The molecule has 0 radical (unpaired) electrons. The Balaban J connectivity index is 3.33. The summed E-state index contributed by atoms with van der Waals surface area (Å²) >= 11 is 0. The van der Waals surface area contributed by atoms with Crippen molar-refractivity contribution in [2.75, 3.05) is 13.6 Å². The van der Waals surface area contributed by atoms with Crippen LogP contribution in [-0.4, -0.2) is 25.8 Å². The first-order valence-corrected chi connectivity index (χ1v) is 8.54. The zero-order valence-electron chi connectivity index (χ0n) is 15.8. The Labute approximate surface area is 156 Å². The van der Waals surface area contributed by atoms with Crippen molar-refractivity contribution in [3.63, 3.8) is 0 Å². The Bertz CT molecular complexity index is 696. The highest BCUT2D eigenvalue weighted by Gasteiger charge is 2.11. The summed E-state index contributed by atoms with van der Waals surface area (Å²) in [6.45, 7) is 12.4. The predicted octanol–water partition coefficient (Wildman–Crippen LogP) is 3.68. The maximum Gasteiger partial charge on any atom is 0.131 e. The van der Waals surface area contributed by atoms with Crippen LogP contribution in [-0.2, 0) is 0 Å². The van der Waals surface area contributed by atoms with Gasteiger partial charge < -0.3 is 16.5 Å². The lowest BCUT2D eigenvalue weighted by Gasteiger charge is -2.15. The molecule has 0 amide bonds. The SMILES string of the molecule is C=CCC(/C=N\N)=C\C(=C/C(=C)NCC(C)NC)c1c(C)cccc1F. The van der Waals surface area contributed by atoms with Gasteiger partial charge in [-0.15, -0.1) is 6.58 Å². The van der Waals surface area contributed by atoms with Gasteiger partial charge in [-0.05, 0) is 62.2 Å². The molecule has 140 valence electrons. The number of likely N-dealkylation sites (N-methyl/N-ethyl adjacent to an activating group) is 1. The number of benzene rings is 1. The maximum atomic E-state index is 14.5. The fourth-order valence-corrected chi connectivity index (χ4v) is 2.42. The Morgan fingerprint density at radius 2 is 2.12 bits per heavy atom. The van der Waals surface area contributed by atoms with Gasteiger partial charge in [-0.3, -0.25) is 0 Å². The second-order valence-electron chi connectivity index (χ2n) is 6.12. The number of hydrogen-bond acceptors (Lipinski definition) is 4. The van der Waals surface area contributed by atoms with Crippen LogP contribution < -0.4 is 16.5 Å². The Hall–Kier alpha value is -2.66. The van der Waals surface area contributed by atoms with Crippen molar-refractivity contribution in [2.45, 2.75) is 26.3 Å². The second kappa shape index (κ2) is 11.1. The molecule has 0 saturated heterocycles. The molecule has 1 rings (SSSR count). The summed E-state index contributed by atoms with van der Waals surface area (Å²) in [4.78, 5) is 0. The van der Waals surface area contributed by atoms with Crippen LogP contribution in [0.25, 0.3) is 5.57 Å². The molecule has 4 nitrogen and oxygen atoms in total. The Kier molecular flexibility index (Phi) is 9.09. The first-order chi connectivity index (χ1) is 12.4. The fraction of sp³-hybridized carbons (Fsp3) is 0.286. The first kappa shape index (κ1) is 21.4. The summed E-state index contributed by atoms with van der Waals surface area (Å²) in [6.07, 6.45) is 7.56. The molecule has 1 aromatic carbocycles. The normalized spacial score (nSPS) is 13.7. The van der Waals surface area contributed by atoms with E-state index in [4.69, 9.17) is 5.84 Å². The van der Waals surface area contributed by atoms with Crippen molar-refractivity contribution in [1.29, 1.82) is 0 Å². The molecule has 0 aliphatic carbocycles. The highest BCUT2D eigenvalue weighted by molar-refractivity contribution is 5.87. The fourth-order valence-electron chi connectivity index (χ4n) is 2.42. The molecule has 1 aromatic rings. The number of allylic oxidation sites excluding steroid dienone is 5. The zero-order valence-corrected chi connectivity index (χ0v) is 15.8. The topological polar surface area (TPSA) is 62.4 Å². The lowest BCUT2D eigenvalue weighted by atomic mass is 9.96. The number of nitrogens with zero attached hydrogens (tertiary/aromatic N) is 1. The maximum absolute atomic E-state index is 14.5. The third kappa shape index (κ3) is 6.69. The molecule has 26 heavy (non-hydrogen) atoms. The third-order valence-corrected chi connectivity index (χ3v) is 3.93. The van der Waals surface area contributed by atoms with Crippen LogP contribution in [0.15, 0.2) is 66.0 Å². The van der Waals surface area contributed by atoms with Gasteiger partial charge in [-0.1, -0.05) is 24.8 Å². The van der Waals surface area contributed by atoms with Gasteiger partial charge in [0.1, 0.15) is 5.82 Å². The standard InChI is InChI=1S/C21H29FN4/c1-6-8-18(14-26-23)12-19(11-16(3)25-13-17(4)24-5)21-15(2)9-7-10-20(21)22/h6-7,9-12,14,17,24-25H,1,3,8,13,23H2,2,4-5H3/b18-12+,19-11+,26-14-. The number of hydrogen-bond donors (Lipinski definition) is 3. The van der Waals surface area contributed by atoms with Gasteiger partial charge in [0.25, 0.3) is 0 Å². The molecule has 1 unspecified atom stereocenters. The monoisotopic (exact) mass is 356 g/mol. The Morgan fingerprint density at radius 1 is 1.38 bits per heavy atom. The summed E-state index contributed by atoms with van der Waals surface area (Å²) < 4.78 is 14.5. The van der Waals surface area contributed by atoms with Crippen LogP contribution in [0, 0.1) is 12.7 Å². The number of aryl methyl sites for hydroxylation is 1. The molecule has 0 aliphatic rings. The van der Waals surface area contributed by atoms with E-state index in [0.29, 0.717) is 29.8 Å². The van der Waals surface area contributed by atoms with Crippen molar-refractivity contribution in [2.24, 2.45) is 10.9 Å². The van der Waals surface area contributed by atoms with Crippen molar-refractivity contribution < 1.29 is 4.39 Å². The summed E-state index contributed by atoms with van der Waals surface area (Å²) in [6, 6.07) is 5.32. The number of hydrazone groups is 1. The predicted molar refractivity (Wildman–Crippen MR) is 110 cm³/mol. The molecule has 0 aliphatic heterocycles. The molecule has 0 saturated carbocycles. The van der Waals surface area contributed by atoms with Gasteiger partial charge in [-0.2, -0.15) is 5.10 Å². The second-order valence-corrected chi connectivity index (χ2v) is 6.12. The lowest BCUT2D eigenvalue weighted by molar-refractivity contribution is 0.579. The van der Waals surface area contributed by atoms with E-state index in [9.17, 15) is 4.39 Å². The molecule has 0 bridgehead atoms. The number of halogens is 1. The molecule has 0 heterocycles. The summed E-state index contributed by atoms with van der Waals surface area (Å²) in [5.74, 6) is 5.01. The van der Waals surface area contributed by atoms with Crippen LogP contribution in [0.3, 0.4) is 0 Å². The molecular weight excluding hydrogens is 327 g/mol. The molecule has 0 spiro atoms. The van der Waals surface area contributed by atoms with Gasteiger partial charge in [0.05, 0.1) is 6.21 Å². The molecule has 0 fully saturated rings. The van der Waals surface area contributed by atoms with Gasteiger partial charge in [0.15, 0.2) is 0 Å². The summed E-state index contributed by atoms with van der Waals surface area (Å²) in [5.41, 5.74) is 3.60. The third-order valence-electron chi connectivity index (χ3n) is 3.93. The van der Waals surface area contributed by atoms with Gasteiger partial charge >= 0.3 is 0 Å². The van der Waals surface area contributed by atoms with Gasteiger partial charge in [0, 0.05) is 23.8 Å². The lowest BCUT2D eigenvalue weighted by Crippen LogP contribution is -2.33. The van der Waals surface area contributed by atoms with Crippen molar-refractivity contribution in [1.82, 2.24) is 10.6 Å². The number of nitrogens with one attached hydrogen (secondary N) is 2. The number of nitrogens with two attached hydrogens (primary N) is 1. The summed E-state index contributed by atoms with van der Waals surface area (Å²) in [5, 5.41) is 9.98. The average molecular weight is 356 g/mol. The van der Waals surface area contributed by atoms with E-state index in [0.717, 1.165) is 11.1 Å². The first-order valence-electron chi connectivity index (χ1n) is 8.54. The molecule has 1 atom stereocenters. The van der Waals surface area contributed by atoms with Crippen LogP contribution in [0.2, 0.25) is 0 Å². The van der Waals surface area contributed by atoms with Crippen molar-refractivity contribution in [3.05, 3.63) is 77.8 Å². The van der Waals surface area contributed by atoms with E-state index >= 15 is 0 Å². The van der Waals surface area contributed by atoms with Gasteiger partial charge in [0.2, 0.25) is 0 Å². The highest BCUT2D eigenvalue weighted by atomic mass is 19.1. The molecule has 5 heteroatoms. The quantitative estimate of drug-likeness (QED) is 0.197. The largest absolute Gasteiger partial charge is 0.384 e. The minimum Gasteiger partial charge on any atom is -0.384 e. The van der Waals surface area contributed by atoms with Crippen LogP contribution in [0.1, 0.15) is 24.5 Å². The molecule has 0 aromatic heterocycles. The van der Waals surface area contributed by atoms with E-state index in [1.165, 1.54) is 6.07 Å². The van der Waals surface area contributed by atoms with Gasteiger partial charge in [-0.25, -0.2) is 4.39 Å². The Morgan fingerprint density at radius 3 is 2.69 bits per heavy atom. The van der Waals surface area contributed by atoms with Crippen molar-refractivity contribution in [3.8, 4) is 0 Å². The molecular formula is C21H29FN4. The minimum absolute atomic E-state index is 0.286. The van der Waals surface area contributed by atoms with Crippen LogP contribution in [0.4, 0.5) is 4.39 Å². The highest BCUT2D eigenvalue weighted by Crippen LogP contribution is 2.26.